The Morgan fingerprint density at radius 3 is 2.76 bits per heavy atom. The molecule has 2 rings (SSSR count). The molecule has 0 aliphatic heterocycles. The van der Waals surface area contributed by atoms with Crippen LogP contribution in [0.3, 0.4) is 0 Å². The van der Waals surface area contributed by atoms with Gasteiger partial charge in [0, 0.05) is 11.1 Å². The number of aryl methyl sites for hydroxylation is 1. The normalized spacial score (nSPS) is 10.2. The number of pyridine rings is 1. The van der Waals surface area contributed by atoms with Crippen molar-refractivity contribution in [3.8, 4) is 0 Å². The van der Waals surface area contributed by atoms with Crippen LogP contribution >= 0.6 is 11.3 Å². The van der Waals surface area contributed by atoms with Crippen molar-refractivity contribution in [3.63, 3.8) is 0 Å². The molecule has 2 heterocycles. The lowest BCUT2D eigenvalue weighted by atomic mass is 10.2. The monoisotopic (exact) mass is 249 g/mol. The highest BCUT2D eigenvalue weighted by molar-refractivity contribution is 7.15. The largest absolute Gasteiger partial charge is 0.397 e. The van der Waals surface area contributed by atoms with E-state index in [9.17, 15) is 4.79 Å². The van der Waals surface area contributed by atoms with E-state index in [1.165, 1.54) is 23.6 Å². The lowest BCUT2D eigenvalue weighted by Crippen LogP contribution is -2.14. The van der Waals surface area contributed by atoms with Crippen LogP contribution in [0, 0.1) is 6.92 Å². The Hall–Kier alpha value is -2.15. The maximum Gasteiger partial charge on any atom is 0.250 e. The lowest BCUT2D eigenvalue weighted by Gasteiger charge is -2.05. The number of amides is 1. The van der Waals surface area contributed by atoms with Gasteiger partial charge in [0.05, 0.1) is 17.4 Å². The number of aromatic nitrogens is 2. The molecule has 6 nitrogen and oxygen atoms in total. The molecular weight excluding hydrogens is 238 g/mol. The van der Waals surface area contributed by atoms with E-state index >= 15 is 0 Å². The molecule has 0 saturated carbocycles. The zero-order valence-electron chi connectivity index (χ0n) is 9.10. The van der Waals surface area contributed by atoms with Crippen LogP contribution in [-0.4, -0.2) is 15.9 Å². The maximum absolute atomic E-state index is 11.1. The van der Waals surface area contributed by atoms with E-state index in [-0.39, 0.29) is 11.3 Å². The van der Waals surface area contributed by atoms with Crippen LogP contribution in [0.1, 0.15) is 15.2 Å². The fourth-order valence-electron chi connectivity index (χ4n) is 1.27. The Morgan fingerprint density at radius 2 is 2.18 bits per heavy atom. The SMILES string of the molecule is Cc1cnc(Nc2cc(C(N)=O)c(N)cn2)s1. The zero-order chi connectivity index (χ0) is 12.4. The molecule has 1 amide bonds. The Balaban J connectivity index is 2.28. The first-order valence-corrected chi connectivity index (χ1v) is 5.62. The molecule has 2 aromatic heterocycles. The number of primary amides is 1. The number of nitrogens with zero attached hydrogens (tertiary/aromatic N) is 2. The van der Waals surface area contributed by atoms with Crippen molar-refractivity contribution in [2.45, 2.75) is 6.92 Å². The third kappa shape index (κ3) is 2.51. The molecule has 0 radical (unpaired) electrons. The molecule has 0 aliphatic rings. The third-order valence-corrected chi connectivity index (χ3v) is 2.88. The molecule has 0 aromatic carbocycles. The predicted molar refractivity (Wildman–Crippen MR) is 67.3 cm³/mol. The van der Waals surface area contributed by atoms with E-state index in [0.29, 0.717) is 10.9 Å². The van der Waals surface area contributed by atoms with Crippen molar-refractivity contribution in [2.75, 3.05) is 11.1 Å². The average Bonchev–Trinajstić information content (AvgIpc) is 2.66. The summed E-state index contributed by atoms with van der Waals surface area (Å²) in [5.41, 5.74) is 11.3. The van der Waals surface area contributed by atoms with Crippen LogP contribution in [0.25, 0.3) is 0 Å². The zero-order valence-corrected chi connectivity index (χ0v) is 9.91. The summed E-state index contributed by atoms with van der Waals surface area (Å²) in [7, 11) is 0. The number of carbonyl (C=O) groups excluding carboxylic acids is 1. The Kier molecular flexibility index (Phi) is 2.92. The average molecular weight is 249 g/mol. The summed E-state index contributed by atoms with van der Waals surface area (Å²) in [4.78, 5) is 20.4. The standard InChI is InChI=1S/C10H11N5OS/c1-5-3-14-10(17-5)15-8-2-6(9(12)16)7(11)4-13-8/h2-4H,11H2,1H3,(H2,12,16)(H,13,14,15). The minimum absolute atomic E-state index is 0.246. The molecule has 0 bridgehead atoms. The third-order valence-electron chi connectivity index (χ3n) is 2.06. The van der Waals surface area contributed by atoms with Crippen LogP contribution in [0.15, 0.2) is 18.5 Å². The number of nitrogens with one attached hydrogen (secondary N) is 1. The molecule has 2 aromatic rings. The van der Waals surface area contributed by atoms with E-state index in [1.807, 2.05) is 6.92 Å². The summed E-state index contributed by atoms with van der Waals surface area (Å²) in [6, 6.07) is 1.51. The Labute approximate surface area is 102 Å². The second-order valence-corrected chi connectivity index (χ2v) is 4.66. The molecule has 0 saturated heterocycles. The van der Waals surface area contributed by atoms with Crippen LogP contribution < -0.4 is 16.8 Å². The highest BCUT2D eigenvalue weighted by Gasteiger charge is 2.08. The molecule has 0 unspecified atom stereocenters. The van der Waals surface area contributed by atoms with E-state index in [1.54, 1.807) is 6.20 Å². The summed E-state index contributed by atoms with van der Waals surface area (Å²) >= 11 is 1.49. The van der Waals surface area contributed by atoms with Gasteiger partial charge in [-0.15, -0.1) is 11.3 Å². The maximum atomic E-state index is 11.1. The summed E-state index contributed by atoms with van der Waals surface area (Å²) < 4.78 is 0. The number of nitrogen functional groups attached to an aromatic ring is 1. The fraction of sp³-hybridized carbons (Fsp3) is 0.100. The first-order chi connectivity index (χ1) is 8.06. The van der Waals surface area contributed by atoms with Crippen LogP contribution in [0.4, 0.5) is 16.6 Å². The molecular formula is C10H11N5OS. The van der Waals surface area contributed by atoms with E-state index in [4.69, 9.17) is 11.5 Å². The van der Waals surface area contributed by atoms with Gasteiger partial charge < -0.3 is 16.8 Å². The highest BCUT2D eigenvalue weighted by Crippen LogP contribution is 2.22. The van der Waals surface area contributed by atoms with Gasteiger partial charge in [-0.3, -0.25) is 4.79 Å². The smallest absolute Gasteiger partial charge is 0.250 e. The van der Waals surface area contributed by atoms with Gasteiger partial charge >= 0.3 is 0 Å². The van der Waals surface area contributed by atoms with E-state index in [0.717, 1.165) is 4.88 Å². The van der Waals surface area contributed by atoms with Crippen molar-refractivity contribution in [1.29, 1.82) is 0 Å². The quantitative estimate of drug-likeness (QED) is 0.759. The second kappa shape index (κ2) is 4.38. The number of rotatable bonds is 3. The van der Waals surface area contributed by atoms with Crippen molar-refractivity contribution in [1.82, 2.24) is 9.97 Å². The molecule has 0 aliphatic carbocycles. The van der Waals surface area contributed by atoms with Gasteiger partial charge in [0.2, 0.25) is 0 Å². The Bertz CT molecular complexity index is 566. The van der Waals surface area contributed by atoms with Crippen molar-refractivity contribution in [3.05, 3.63) is 28.9 Å². The van der Waals surface area contributed by atoms with Gasteiger partial charge in [0.15, 0.2) is 5.13 Å². The van der Waals surface area contributed by atoms with Crippen molar-refractivity contribution in [2.24, 2.45) is 5.73 Å². The number of hydrogen-bond acceptors (Lipinski definition) is 6. The predicted octanol–water partition coefficient (Wildman–Crippen LogP) is 1.27. The molecule has 17 heavy (non-hydrogen) atoms. The highest BCUT2D eigenvalue weighted by atomic mass is 32.1. The molecule has 7 heteroatoms. The summed E-state index contributed by atoms with van der Waals surface area (Å²) in [5.74, 6) is -0.0920. The van der Waals surface area contributed by atoms with Gasteiger partial charge in [0.1, 0.15) is 5.82 Å². The van der Waals surface area contributed by atoms with Gasteiger partial charge in [0.25, 0.3) is 5.91 Å². The van der Waals surface area contributed by atoms with Gasteiger partial charge in [-0.25, -0.2) is 9.97 Å². The topological polar surface area (TPSA) is 107 Å². The van der Waals surface area contributed by atoms with Crippen molar-refractivity contribution < 1.29 is 4.79 Å². The number of thiazole rings is 1. The number of hydrogen-bond donors (Lipinski definition) is 3. The first kappa shape index (κ1) is 11.3. The minimum atomic E-state index is -0.580. The first-order valence-electron chi connectivity index (χ1n) is 4.81. The van der Waals surface area contributed by atoms with Gasteiger partial charge in [-0.1, -0.05) is 0 Å². The second-order valence-electron chi connectivity index (χ2n) is 3.42. The van der Waals surface area contributed by atoms with Crippen LogP contribution in [0.2, 0.25) is 0 Å². The van der Waals surface area contributed by atoms with Crippen molar-refractivity contribution >= 4 is 33.9 Å². The van der Waals surface area contributed by atoms with Crippen LogP contribution in [-0.2, 0) is 0 Å². The molecule has 5 N–H and O–H groups in total. The van der Waals surface area contributed by atoms with Gasteiger partial charge in [-0.2, -0.15) is 0 Å². The summed E-state index contributed by atoms with van der Waals surface area (Å²) in [5, 5.41) is 3.68. The van der Waals surface area contributed by atoms with Gasteiger partial charge in [-0.05, 0) is 13.0 Å². The molecule has 0 fully saturated rings. The molecule has 88 valence electrons. The Morgan fingerprint density at radius 1 is 1.41 bits per heavy atom. The minimum Gasteiger partial charge on any atom is -0.397 e. The molecule has 0 spiro atoms. The van der Waals surface area contributed by atoms with Crippen LogP contribution in [0.5, 0.6) is 0 Å². The van der Waals surface area contributed by atoms with E-state index < -0.39 is 5.91 Å². The fourth-order valence-corrected chi connectivity index (χ4v) is 1.94. The van der Waals surface area contributed by atoms with E-state index in [2.05, 4.69) is 15.3 Å². The molecule has 0 atom stereocenters. The number of nitrogens with two attached hydrogens (primary N) is 2. The number of carbonyl (C=O) groups is 1. The lowest BCUT2D eigenvalue weighted by molar-refractivity contribution is 0.100. The number of anilines is 3. The summed E-state index contributed by atoms with van der Waals surface area (Å²) in [6.07, 6.45) is 3.14. The summed E-state index contributed by atoms with van der Waals surface area (Å²) in [6.45, 7) is 1.95.